The number of hydrogen-bond donors (Lipinski definition) is 2. The number of carbonyl (C=O) groups is 1. The van der Waals surface area contributed by atoms with E-state index in [4.69, 9.17) is 0 Å². The molecule has 0 bridgehead atoms. The third kappa shape index (κ3) is 6.87. The molecule has 1 aliphatic heterocycles. The van der Waals surface area contributed by atoms with Gasteiger partial charge in [0.2, 0.25) is 26.0 Å². The number of rotatable bonds is 9. The first-order valence-corrected chi connectivity index (χ1v) is 18.3. The second kappa shape index (κ2) is 12.8. The Bertz CT molecular complexity index is 1960. The highest BCUT2D eigenvalue weighted by Crippen LogP contribution is 2.27. The quantitative estimate of drug-likeness (QED) is 0.266. The summed E-state index contributed by atoms with van der Waals surface area (Å²) in [6.45, 7) is -0.857. The van der Waals surface area contributed by atoms with E-state index < -0.39 is 48.6 Å². The first-order valence-electron chi connectivity index (χ1n) is 13.2. The Morgan fingerprint density at radius 3 is 1.73 bits per heavy atom. The minimum atomic E-state index is -4.18. The number of nitrogens with zero attached hydrogens (tertiary/aromatic N) is 2. The molecule has 1 amide bonds. The average Bonchev–Trinajstić information content (AvgIpc) is 3.03. The number of anilines is 2. The Morgan fingerprint density at radius 2 is 1.16 bits per heavy atom. The molecule has 0 spiro atoms. The van der Waals surface area contributed by atoms with Crippen LogP contribution >= 0.6 is 15.9 Å². The lowest BCUT2D eigenvalue weighted by molar-refractivity contribution is -0.120. The van der Waals surface area contributed by atoms with Gasteiger partial charge in [-0.3, -0.25) is 9.52 Å². The third-order valence-corrected chi connectivity index (χ3v) is 12.6. The van der Waals surface area contributed by atoms with Crippen LogP contribution in [0, 0.1) is 0 Å². The van der Waals surface area contributed by atoms with Gasteiger partial charge in [0.1, 0.15) is 6.04 Å². The first-order chi connectivity index (χ1) is 20.9. The molecular formula is C29H27BrN4O7S3. The maximum Gasteiger partial charge on any atom is 0.261 e. The number of piperazine rings is 1. The Hall–Kier alpha value is -3.60. The van der Waals surface area contributed by atoms with Crippen LogP contribution in [0.15, 0.2) is 128 Å². The molecular weight excluding hydrogens is 692 g/mol. The van der Waals surface area contributed by atoms with Gasteiger partial charge in [-0.05, 0) is 72.8 Å². The van der Waals surface area contributed by atoms with Crippen LogP contribution in [0.1, 0.15) is 0 Å². The van der Waals surface area contributed by atoms with Gasteiger partial charge in [0, 0.05) is 35.5 Å². The Balaban J connectivity index is 1.40. The zero-order chi connectivity index (χ0) is 31.5. The van der Waals surface area contributed by atoms with Crippen molar-refractivity contribution in [1.29, 1.82) is 0 Å². The van der Waals surface area contributed by atoms with Gasteiger partial charge in [-0.1, -0.05) is 52.3 Å². The van der Waals surface area contributed by atoms with Crippen LogP contribution in [0.4, 0.5) is 11.4 Å². The van der Waals surface area contributed by atoms with E-state index in [1.54, 1.807) is 60.7 Å². The van der Waals surface area contributed by atoms with Crippen molar-refractivity contribution >= 4 is 63.3 Å². The minimum Gasteiger partial charge on any atom is -0.325 e. The van der Waals surface area contributed by atoms with Crippen molar-refractivity contribution in [3.05, 3.63) is 114 Å². The molecule has 1 atom stereocenters. The van der Waals surface area contributed by atoms with Crippen LogP contribution in [0.2, 0.25) is 0 Å². The molecule has 0 aromatic heterocycles. The highest BCUT2D eigenvalue weighted by molar-refractivity contribution is 9.10. The van der Waals surface area contributed by atoms with Crippen molar-refractivity contribution in [2.45, 2.75) is 20.7 Å². The number of carbonyl (C=O) groups excluding carboxylic acids is 1. The zero-order valence-corrected chi connectivity index (χ0v) is 27.0. The number of benzene rings is 4. The Labute approximate surface area is 264 Å². The van der Waals surface area contributed by atoms with E-state index in [0.29, 0.717) is 5.69 Å². The molecule has 0 aliphatic carbocycles. The summed E-state index contributed by atoms with van der Waals surface area (Å²) in [6.07, 6.45) is 0. The lowest BCUT2D eigenvalue weighted by Gasteiger charge is -2.38. The van der Waals surface area contributed by atoms with Crippen molar-refractivity contribution in [2.24, 2.45) is 0 Å². The smallest absolute Gasteiger partial charge is 0.261 e. The normalized spacial score (nSPS) is 16.7. The van der Waals surface area contributed by atoms with Crippen LogP contribution in [0.3, 0.4) is 0 Å². The van der Waals surface area contributed by atoms with Gasteiger partial charge in [-0.25, -0.2) is 25.3 Å². The van der Waals surface area contributed by atoms with Gasteiger partial charge in [0.05, 0.1) is 14.7 Å². The van der Waals surface area contributed by atoms with Crippen LogP contribution in [0.5, 0.6) is 0 Å². The molecule has 0 radical (unpaired) electrons. The van der Waals surface area contributed by atoms with E-state index in [9.17, 15) is 30.0 Å². The fourth-order valence-corrected chi connectivity index (χ4v) is 8.98. The lowest BCUT2D eigenvalue weighted by atomic mass is 10.2. The number of halogens is 1. The second-order valence-electron chi connectivity index (χ2n) is 9.75. The topological polar surface area (TPSA) is 150 Å². The fourth-order valence-electron chi connectivity index (χ4n) is 4.61. The maximum atomic E-state index is 13.6. The predicted octanol–water partition coefficient (Wildman–Crippen LogP) is 3.95. The maximum absolute atomic E-state index is 13.6. The summed E-state index contributed by atoms with van der Waals surface area (Å²) in [7, 11) is -12.1. The lowest BCUT2D eigenvalue weighted by Crippen LogP contribution is -2.60. The molecule has 2 N–H and O–H groups in total. The molecule has 15 heteroatoms. The minimum absolute atomic E-state index is 0.0204. The van der Waals surface area contributed by atoms with Crippen molar-refractivity contribution in [3.63, 3.8) is 0 Å². The number of hydrogen-bond acceptors (Lipinski definition) is 7. The molecule has 1 fully saturated rings. The van der Waals surface area contributed by atoms with E-state index in [2.05, 4.69) is 26.0 Å². The molecule has 230 valence electrons. The fraction of sp³-hybridized carbons (Fsp3) is 0.138. The summed E-state index contributed by atoms with van der Waals surface area (Å²) >= 11 is 3.30. The van der Waals surface area contributed by atoms with E-state index in [1.165, 1.54) is 48.5 Å². The van der Waals surface area contributed by atoms with Crippen molar-refractivity contribution < 1.29 is 30.0 Å². The average molecular weight is 720 g/mol. The Morgan fingerprint density at radius 1 is 0.636 bits per heavy atom. The molecule has 1 aliphatic rings. The SMILES string of the molecule is O=C(Nc1ccc(S(=O)(=O)Nc2ccc(Br)cc2)cc1)C1CN(S(=O)(=O)c2ccccc2)CCN1S(=O)(=O)c1ccccc1. The van der Waals surface area contributed by atoms with Crippen LogP contribution in [0.25, 0.3) is 0 Å². The van der Waals surface area contributed by atoms with Crippen LogP contribution in [-0.4, -0.2) is 65.4 Å². The highest BCUT2D eigenvalue weighted by Gasteiger charge is 2.43. The van der Waals surface area contributed by atoms with Crippen molar-refractivity contribution in [3.8, 4) is 0 Å². The third-order valence-electron chi connectivity index (χ3n) is 6.86. The molecule has 44 heavy (non-hydrogen) atoms. The molecule has 1 heterocycles. The van der Waals surface area contributed by atoms with E-state index in [1.807, 2.05) is 0 Å². The summed E-state index contributed by atoms with van der Waals surface area (Å²) in [5.41, 5.74) is 0.551. The highest BCUT2D eigenvalue weighted by atomic mass is 79.9. The van der Waals surface area contributed by atoms with E-state index in [-0.39, 0.29) is 33.5 Å². The molecule has 1 saturated heterocycles. The summed E-state index contributed by atoms with van der Waals surface area (Å²) in [6, 6.07) is 25.7. The largest absolute Gasteiger partial charge is 0.325 e. The van der Waals surface area contributed by atoms with Crippen LogP contribution < -0.4 is 10.0 Å². The van der Waals surface area contributed by atoms with Gasteiger partial charge in [0.25, 0.3) is 10.0 Å². The van der Waals surface area contributed by atoms with Gasteiger partial charge in [0.15, 0.2) is 0 Å². The summed E-state index contributed by atoms with van der Waals surface area (Å²) in [5.74, 6) is -0.777. The standard InChI is InChI=1S/C29H27BrN4O7S3/c30-22-11-13-24(14-12-22)32-42(36,37)25-17-15-23(16-18-25)31-29(35)28-21-33(43(38,39)26-7-3-1-4-8-26)19-20-34(28)44(40,41)27-9-5-2-6-10-27/h1-18,28,32H,19-21H2,(H,31,35). The summed E-state index contributed by atoms with van der Waals surface area (Å²) in [4.78, 5) is 13.6. The predicted molar refractivity (Wildman–Crippen MR) is 169 cm³/mol. The molecule has 4 aromatic carbocycles. The summed E-state index contributed by atoms with van der Waals surface area (Å²) in [5, 5.41) is 2.62. The summed E-state index contributed by atoms with van der Waals surface area (Å²) < 4.78 is 85.0. The molecule has 1 unspecified atom stereocenters. The number of sulfonamides is 3. The van der Waals surface area contributed by atoms with Gasteiger partial charge in [-0.15, -0.1) is 0 Å². The number of amides is 1. The molecule has 4 aromatic rings. The first kappa shape index (κ1) is 31.8. The van der Waals surface area contributed by atoms with Gasteiger partial charge >= 0.3 is 0 Å². The molecule has 5 rings (SSSR count). The number of nitrogens with one attached hydrogen (secondary N) is 2. The van der Waals surface area contributed by atoms with Gasteiger partial charge in [-0.2, -0.15) is 8.61 Å². The van der Waals surface area contributed by atoms with Gasteiger partial charge < -0.3 is 5.32 Å². The van der Waals surface area contributed by atoms with Crippen LogP contribution in [-0.2, 0) is 34.9 Å². The zero-order valence-electron chi connectivity index (χ0n) is 22.9. The second-order valence-corrected chi connectivity index (χ2v) is 16.2. The van der Waals surface area contributed by atoms with E-state index in [0.717, 1.165) is 13.1 Å². The van der Waals surface area contributed by atoms with Crippen molar-refractivity contribution in [1.82, 2.24) is 8.61 Å². The monoisotopic (exact) mass is 718 g/mol. The van der Waals surface area contributed by atoms with Crippen molar-refractivity contribution in [2.75, 3.05) is 29.7 Å². The van der Waals surface area contributed by atoms with E-state index >= 15 is 0 Å². The molecule has 11 nitrogen and oxygen atoms in total. The Kier molecular flexibility index (Phi) is 9.25. The molecule has 0 saturated carbocycles.